The van der Waals surface area contributed by atoms with E-state index in [1.54, 1.807) is 12.1 Å². The van der Waals surface area contributed by atoms with Crippen molar-refractivity contribution in [2.24, 2.45) is 0 Å². The summed E-state index contributed by atoms with van der Waals surface area (Å²) in [6.07, 6.45) is 1.01. The van der Waals surface area contributed by atoms with Gasteiger partial charge in [0.1, 0.15) is 17.1 Å². The number of halogens is 1. The lowest BCUT2D eigenvalue weighted by Crippen LogP contribution is -2.60. The van der Waals surface area contributed by atoms with Crippen LogP contribution in [0.15, 0.2) is 29.2 Å². The molecule has 0 bridgehead atoms. The lowest BCUT2D eigenvalue weighted by atomic mass is 10.1. The fraction of sp³-hybridized carbons (Fsp3) is 0.583. The molecule has 5 rings (SSSR count). The Labute approximate surface area is 219 Å². The minimum atomic E-state index is -3.96. The molecule has 2 aliphatic carbocycles. The van der Waals surface area contributed by atoms with Crippen LogP contribution in [-0.2, 0) is 19.4 Å². The van der Waals surface area contributed by atoms with Gasteiger partial charge in [-0.25, -0.2) is 13.2 Å². The normalized spacial score (nSPS) is 26.3. The molecule has 1 aromatic carbocycles. The van der Waals surface area contributed by atoms with E-state index in [-0.39, 0.29) is 41.9 Å². The molecule has 4 fully saturated rings. The average molecular weight is 550 g/mol. The van der Waals surface area contributed by atoms with Crippen molar-refractivity contribution in [2.45, 2.75) is 59.4 Å². The molecule has 2 saturated carbocycles. The second-order valence-corrected chi connectivity index (χ2v) is 12.9. The van der Waals surface area contributed by atoms with Gasteiger partial charge in [0.05, 0.1) is 21.2 Å². The van der Waals surface area contributed by atoms with Crippen molar-refractivity contribution in [1.29, 1.82) is 5.26 Å². The summed E-state index contributed by atoms with van der Waals surface area (Å²) in [4.78, 5) is 43.2. The lowest BCUT2D eigenvalue weighted by Gasteiger charge is -2.40. The number of carbonyl (C=O) groups is 3. The van der Waals surface area contributed by atoms with E-state index < -0.39 is 44.2 Å². The Bertz CT molecular complexity index is 1280. The number of amides is 3. The minimum absolute atomic E-state index is 0.0447. The molecule has 13 heteroatoms. The van der Waals surface area contributed by atoms with Gasteiger partial charge < -0.3 is 20.2 Å². The Hall–Kier alpha value is -2.88. The first kappa shape index (κ1) is 25.8. The number of carbonyl (C=O) groups excluding carboxylic acids is 2. The molecule has 37 heavy (non-hydrogen) atoms. The van der Waals surface area contributed by atoms with E-state index in [0.29, 0.717) is 38.8 Å². The maximum absolute atomic E-state index is 14.0. The highest BCUT2D eigenvalue weighted by atomic mass is 35.5. The molecule has 2 saturated heterocycles. The number of sulfone groups is 1. The van der Waals surface area contributed by atoms with Gasteiger partial charge in [0, 0.05) is 32.7 Å². The van der Waals surface area contributed by atoms with Crippen molar-refractivity contribution in [1.82, 2.24) is 20.0 Å². The molecule has 3 amide bonds. The van der Waals surface area contributed by atoms with Gasteiger partial charge in [0.25, 0.3) is 0 Å². The largest absolute Gasteiger partial charge is 0.465 e. The van der Waals surface area contributed by atoms with Crippen LogP contribution >= 0.6 is 11.6 Å². The summed E-state index contributed by atoms with van der Waals surface area (Å²) < 4.78 is 27.1. The second-order valence-electron chi connectivity index (χ2n) is 10.3. The molecular weight excluding hydrogens is 522 g/mol. The Morgan fingerprint density at radius 3 is 2.27 bits per heavy atom. The number of carboxylic acid groups (broad SMARTS) is 1. The number of piperazine rings is 1. The monoisotopic (exact) mass is 549 g/mol. The molecule has 2 atom stereocenters. The number of likely N-dealkylation sites (tertiary alicyclic amines) is 1. The quantitative estimate of drug-likeness (QED) is 0.535. The first-order valence-electron chi connectivity index (χ1n) is 12.3. The maximum atomic E-state index is 14.0. The predicted octanol–water partition coefficient (Wildman–Crippen LogP) is 1.08. The summed E-state index contributed by atoms with van der Waals surface area (Å²) in [5.41, 5.74) is -1.84. The fourth-order valence-electron chi connectivity index (χ4n) is 5.44. The number of nitrogens with zero attached hydrogens (tertiary/aromatic N) is 4. The van der Waals surface area contributed by atoms with Crippen LogP contribution in [0, 0.1) is 11.3 Å². The van der Waals surface area contributed by atoms with Gasteiger partial charge in [-0.05, 0) is 44.2 Å². The van der Waals surface area contributed by atoms with Crippen LogP contribution in [0.1, 0.15) is 32.1 Å². The van der Waals surface area contributed by atoms with E-state index in [2.05, 4.69) is 11.4 Å². The third-order valence-electron chi connectivity index (χ3n) is 8.01. The van der Waals surface area contributed by atoms with E-state index in [0.717, 1.165) is 0 Å². The summed E-state index contributed by atoms with van der Waals surface area (Å²) in [6.45, 7) is 1.12. The molecule has 1 aromatic rings. The van der Waals surface area contributed by atoms with Gasteiger partial charge in [-0.15, -0.1) is 0 Å². The third kappa shape index (κ3) is 4.53. The zero-order valence-corrected chi connectivity index (χ0v) is 21.7. The number of hydrogen-bond acceptors (Lipinski definition) is 7. The molecule has 11 nitrogen and oxygen atoms in total. The van der Waals surface area contributed by atoms with Crippen LogP contribution in [0.5, 0.6) is 0 Å². The predicted molar refractivity (Wildman–Crippen MR) is 131 cm³/mol. The smallest absolute Gasteiger partial charge is 0.407 e. The molecule has 2 heterocycles. The highest BCUT2D eigenvalue weighted by Gasteiger charge is 2.60. The van der Waals surface area contributed by atoms with Crippen molar-refractivity contribution in [3.05, 3.63) is 29.3 Å². The van der Waals surface area contributed by atoms with Gasteiger partial charge in [0.15, 0.2) is 9.84 Å². The van der Waals surface area contributed by atoms with Gasteiger partial charge >= 0.3 is 6.09 Å². The molecular formula is C24H28ClN5O6S. The van der Waals surface area contributed by atoms with Crippen molar-refractivity contribution >= 4 is 39.3 Å². The molecule has 2 aliphatic heterocycles. The Morgan fingerprint density at radius 1 is 1.08 bits per heavy atom. The number of nitriles is 1. The zero-order valence-electron chi connectivity index (χ0n) is 20.1. The van der Waals surface area contributed by atoms with Gasteiger partial charge in [0.2, 0.25) is 11.8 Å². The molecule has 198 valence electrons. The second kappa shape index (κ2) is 9.15. The SMILES string of the molecule is N#CC1(NC(=O)[C@@H]2C[C@@H](S(=O)(=O)c3ccccc3Cl)CN2C(=O)C2(N3CCN(C(=O)O)CC3)CC2)CC1. The summed E-state index contributed by atoms with van der Waals surface area (Å²) in [7, 11) is -3.96. The van der Waals surface area contributed by atoms with Crippen LogP contribution in [0.3, 0.4) is 0 Å². The number of rotatable bonds is 6. The third-order valence-corrected chi connectivity index (χ3v) is 10.6. The summed E-state index contributed by atoms with van der Waals surface area (Å²) in [5, 5.41) is 20.5. The van der Waals surface area contributed by atoms with Crippen LogP contribution in [-0.4, -0.2) is 101 Å². The molecule has 0 radical (unpaired) electrons. The molecule has 0 aromatic heterocycles. The lowest BCUT2D eigenvalue weighted by molar-refractivity contribution is -0.145. The van der Waals surface area contributed by atoms with E-state index >= 15 is 0 Å². The van der Waals surface area contributed by atoms with E-state index in [4.69, 9.17) is 11.6 Å². The fourth-order valence-corrected chi connectivity index (χ4v) is 7.65. The van der Waals surface area contributed by atoms with Crippen LogP contribution in [0.2, 0.25) is 5.02 Å². The number of nitrogens with one attached hydrogen (secondary N) is 1. The molecule has 0 unspecified atom stereocenters. The van der Waals surface area contributed by atoms with Gasteiger partial charge in [-0.1, -0.05) is 23.7 Å². The topological polar surface area (TPSA) is 151 Å². The van der Waals surface area contributed by atoms with E-state index in [1.165, 1.54) is 21.9 Å². The van der Waals surface area contributed by atoms with E-state index in [9.17, 15) is 33.2 Å². The molecule has 2 N–H and O–H groups in total. The minimum Gasteiger partial charge on any atom is -0.465 e. The Balaban J connectivity index is 1.41. The van der Waals surface area contributed by atoms with Crippen LogP contribution < -0.4 is 5.32 Å². The van der Waals surface area contributed by atoms with Crippen molar-refractivity contribution < 1.29 is 27.9 Å². The number of hydrogen-bond donors (Lipinski definition) is 2. The van der Waals surface area contributed by atoms with Crippen molar-refractivity contribution in [2.75, 3.05) is 32.7 Å². The molecule has 4 aliphatic rings. The Morgan fingerprint density at radius 2 is 1.73 bits per heavy atom. The first-order chi connectivity index (χ1) is 17.5. The number of benzene rings is 1. The molecule has 0 spiro atoms. The standard InChI is InChI=1S/C24H28ClN5O6S/c25-17-3-1-2-4-19(17)37(35,36)16-13-18(20(31)27-23(15-26)5-6-23)30(14-16)21(32)24(7-8-24)29-11-9-28(10-12-29)22(33)34/h1-4,16,18H,5-14H2,(H,27,31)(H,33,34)/t16-,18+/m1/s1. The van der Waals surface area contributed by atoms with Gasteiger partial charge in [-0.3, -0.25) is 14.5 Å². The highest BCUT2D eigenvalue weighted by molar-refractivity contribution is 7.92. The summed E-state index contributed by atoms with van der Waals surface area (Å²) in [5.74, 6) is -0.856. The van der Waals surface area contributed by atoms with Gasteiger partial charge in [-0.2, -0.15) is 5.26 Å². The highest BCUT2D eigenvalue weighted by Crippen LogP contribution is 2.46. The van der Waals surface area contributed by atoms with Crippen molar-refractivity contribution in [3.63, 3.8) is 0 Å². The van der Waals surface area contributed by atoms with Crippen LogP contribution in [0.25, 0.3) is 0 Å². The average Bonchev–Trinajstić information content (AvgIpc) is 3.80. The Kier molecular flexibility index (Phi) is 6.37. The summed E-state index contributed by atoms with van der Waals surface area (Å²) >= 11 is 6.19. The van der Waals surface area contributed by atoms with Crippen LogP contribution in [0.4, 0.5) is 4.79 Å². The van der Waals surface area contributed by atoms with E-state index in [1.807, 2.05) is 4.90 Å². The zero-order chi connectivity index (χ0) is 26.6. The van der Waals surface area contributed by atoms with Crippen molar-refractivity contribution in [3.8, 4) is 6.07 Å². The maximum Gasteiger partial charge on any atom is 0.407 e. The summed E-state index contributed by atoms with van der Waals surface area (Å²) in [6, 6.07) is 7.15. The first-order valence-corrected chi connectivity index (χ1v) is 14.2.